The number of methoxy groups -OCH3 is 1. The van der Waals surface area contributed by atoms with E-state index in [-0.39, 0.29) is 0 Å². The number of rotatable bonds is 6. The zero-order chi connectivity index (χ0) is 11.1. The van der Waals surface area contributed by atoms with E-state index in [9.17, 15) is 4.79 Å². The summed E-state index contributed by atoms with van der Waals surface area (Å²) in [5.41, 5.74) is 0.623. The third-order valence-corrected chi connectivity index (χ3v) is 2.15. The molecule has 0 aromatic carbocycles. The van der Waals surface area contributed by atoms with Crippen LogP contribution in [0.15, 0.2) is 18.3 Å². The Morgan fingerprint density at radius 2 is 2.40 bits per heavy atom. The maximum Gasteiger partial charge on any atom is 0.153 e. The van der Waals surface area contributed by atoms with E-state index in [0.29, 0.717) is 12.2 Å². The van der Waals surface area contributed by atoms with Crippen LogP contribution in [0, 0.1) is 0 Å². The Bertz CT molecular complexity index is 315. The second-order valence-corrected chi connectivity index (χ2v) is 3.30. The van der Waals surface area contributed by atoms with E-state index in [4.69, 9.17) is 4.74 Å². The van der Waals surface area contributed by atoms with Gasteiger partial charge in [-0.1, -0.05) is 0 Å². The predicted molar refractivity (Wildman–Crippen MR) is 59.4 cm³/mol. The number of ether oxygens (including phenoxy) is 1. The van der Waals surface area contributed by atoms with Crippen LogP contribution >= 0.6 is 0 Å². The molecule has 1 rings (SSSR count). The van der Waals surface area contributed by atoms with E-state index in [1.165, 1.54) is 0 Å². The molecule has 1 heterocycles. The van der Waals surface area contributed by atoms with Gasteiger partial charge in [0.25, 0.3) is 0 Å². The number of carbonyl (C=O) groups excluding carboxylic acids is 1. The summed E-state index contributed by atoms with van der Waals surface area (Å²) in [5.74, 6) is 0.726. The molecule has 1 aromatic heterocycles. The van der Waals surface area contributed by atoms with Gasteiger partial charge in [0.05, 0.1) is 5.56 Å². The summed E-state index contributed by atoms with van der Waals surface area (Å²) in [6.45, 7) is 1.54. The Kier molecular flexibility index (Phi) is 4.77. The molecule has 82 valence electrons. The molecule has 1 aromatic rings. The van der Waals surface area contributed by atoms with Crippen LogP contribution in [0.2, 0.25) is 0 Å². The minimum absolute atomic E-state index is 0.623. The fraction of sp³-hybridized carbons (Fsp3) is 0.455. The quantitative estimate of drug-likeness (QED) is 0.523. The van der Waals surface area contributed by atoms with Crippen molar-refractivity contribution in [3.05, 3.63) is 23.9 Å². The molecule has 0 saturated carbocycles. The van der Waals surface area contributed by atoms with Crippen molar-refractivity contribution in [2.24, 2.45) is 0 Å². The van der Waals surface area contributed by atoms with Crippen LogP contribution in [0.4, 0.5) is 5.82 Å². The maximum absolute atomic E-state index is 10.8. The van der Waals surface area contributed by atoms with E-state index in [0.717, 1.165) is 25.1 Å². The lowest BCUT2D eigenvalue weighted by Gasteiger charge is -2.18. The average molecular weight is 208 g/mol. The Morgan fingerprint density at radius 3 is 3.07 bits per heavy atom. The van der Waals surface area contributed by atoms with Crippen molar-refractivity contribution in [2.45, 2.75) is 6.42 Å². The van der Waals surface area contributed by atoms with Gasteiger partial charge >= 0.3 is 0 Å². The fourth-order valence-electron chi connectivity index (χ4n) is 1.37. The molecule has 0 aliphatic heterocycles. The molecule has 0 atom stereocenters. The summed E-state index contributed by atoms with van der Waals surface area (Å²) in [6.07, 6.45) is 3.44. The number of aromatic nitrogens is 1. The number of carbonyl (C=O) groups is 1. The molecule has 0 aliphatic rings. The molecule has 4 nitrogen and oxygen atoms in total. The standard InChI is InChI=1S/C11H16N2O2/c1-13(7-4-8-15-2)11-10(9-14)5-3-6-12-11/h3,5-6,9H,4,7-8H2,1-2H3. The van der Waals surface area contributed by atoms with Crippen LogP contribution in [0.1, 0.15) is 16.8 Å². The summed E-state index contributed by atoms with van der Waals surface area (Å²) in [5, 5.41) is 0. The molecule has 0 fully saturated rings. The van der Waals surface area contributed by atoms with E-state index >= 15 is 0 Å². The highest BCUT2D eigenvalue weighted by Crippen LogP contribution is 2.13. The molecule has 0 aliphatic carbocycles. The van der Waals surface area contributed by atoms with Gasteiger partial charge in [-0.05, 0) is 18.6 Å². The van der Waals surface area contributed by atoms with Crippen LogP contribution in [0.25, 0.3) is 0 Å². The normalized spacial score (nSPS) is 10.0. The lowest BCUT2D eigenvalue weighted by molar-refractivity contribution is 0.112. The number of hydrogen-bond donors (Lipinski definition) is 0. The summed E-state index contributed by atoms with van der Waals surface area (Å²) in [6, 6.07) is 3.53. The molecule has 0 radical (unpaired) electrons. The minimum Gasteiger partial charge on any atom is -0.385 e. The highest BCUT2D eigenvalue weighted by atomic mass is 16.5. The van der Waals surface area contributed by atoms with E-state index in [2.05, 4.69) is 4.98 Å². The van der Waals surface area contributed by atoms with E-state index in [1.54, 1.807) is 25.4 Å². The van der Waals surface area contributed by atoms with Crippen LogP contribution in [0.3, 0.4) is 0 Å². The van der Waals surface area contributed by atoms with E-state index in [1.807, 2.05) is 11.9 Å². The van der Waals surface area contributed by atoms with Gasteiger partial charge in [-0.2, -0.15) is 0 Å². The van der Waals surface area contributed by atoms with Gasteiger partial charge in [0.1, 0.15) is 5.82 Å². The Hall–Kier alpha value is -1.42. The Morgan fingerprint density at radius 1 is 1.60 bits per heavy atom. The van der Waals surface area contributed by atoms with Gasteiger partial charge < -0.3 is 9.64 Å². The minimum atomic E-state index is 0.623. The zero-order valence-electron chi connectivity index (χ0n) is 9.14. The van der Waals surface area contributed by atoms with Crippen molar-refractivity contribution in [3.8, 4) is 0 Å². The molecule has 4 heteroatoms. The van der Waals surface area contributed by atoms with Gasteiger partial charge in [-0.25, -0.2) is 4.98 Å². The second-order valence-electron chi connectivity index (χ2n) is 3.30. The third kappa shape index (κ3) is 3.32. The van der Waals surface area contributed by atoms with Crippen LogP contribution in [0.5, 0.6) is 0 Å². The summed E-state index contributed by atoms with van der Waals surface area (Å²) in [7, 11) is 3.60. The first-order valence-electron chi connectivity index (χ1n) is 4.90. The predicted octanol–water partition coefficient (Wildman–Crippen LogP) is 1.37. The fourth-order valence-corrected chi connectivity index (χ4v) is 1.37. The highest BCUT2D eigenvalue weighted by molar-refractivity contribution is 5.82. The topological polar surface area (TPSA) is 42.4 Å². The zero-order valence-corrected chi connectivity index (χ0v) is 9.14. The number of aldehydes is 1. The number of nitrogens with zero attached hydrogens (tertiary/aromatic N) is 2. The third-order valence-electron chi connectivity index (χ3n) is 2.15. The monoisotopic (exact) mass is 208 g/mol. The lowest BCUT2D eigenvalue weighted by atomic mass is 10.2. The van der Waals surface area contributed by atoms with Crippen LogP contribution < -0.4 is 4.90 Å². The molecular formula is C11H16N2O2. The molecule has 0 N–H and O–H groups in total. The smallest absolute Gasteiger partial charge is 0.153 e. The lowest BCUT2D eigenvalue weighted by Crippen LogP contribution is -2.22. The first-order chi connectivity index (χ1) is 7.29. The number of pyridine rings is 1. The van der Waals surface area contributed by atoms with Gasteiger partial charge in [-0.3, -0.25) is 4.79 Å². The largest absolute Gasteiger partial charge is 0.385 e. The summed E-state index contributed by atoms with van der Waals surface area (Å²) < 4.78 is 4.97. The Balaban J connectivity index is 2.63. The average Bonchev–Trinajstić information content (AvgIpc) is 2.29. The first-order valence-corrected chi connectivity index (χ1v) is 4.90. The van der Waals surface area contributed by atoms with Gasteiger partial charge in [0.2, 0.25) is 0 Å². The highest BCUT2D eigenvalue weighted by Gasteiger charge is 2.06. The molecule has 0 saturated heterocycles. The van der Waals surface area contributed by atoms with Crippen molar-refractivity contribution < 1.29 is 9.53 Å². The number of anilines is 1. The summed E-state index contributed by atoms with van der Waals surface area (Å²) in [4.78, 5) is 16.9. The van der Waals surface area contributed by atoms with Crippen molar-refractivity contribution in [1.82, 2.24) is 4.98 Å². The van der Waals surface area contributed by atoms with Crippen LogP contribution in [-0.4, -0.2) is 38.6 Å². The van der Waals surface area contributed by atoms with Crippen LogP contribution in [-0.2, 0) is 4.74 Å². The summed E-state index contributed by atoms with van der Waals surface area (Å²) >= 11 is 0. The molecule has 15 heavy (non-hydrogen) atoms. The maximum atomic E-state index is 10.8. The van der Waals surface area contributed by atoms with Gasteiger partial charge in [-0.15, -0.1) is 0 Å². The SMILES string of the molecule is COCCCN(C)c1ncccc1C=O. The number of hydrogen-bond acceptors (Lipinski definition) is 4. The molecule has 0 unspecified atom stereocenters. The molecule has 0 bridgehead atoms. The van der Waals surface area contributed by atoms with E-state index < -0.39 is 0 Å². The van der Waals surface area contributed by atoms with Gasteiger partial charge in [0, 0.05) is 33.5 Å². The molecular weight excluding hydrogens is 192 g/mol. The second kappa shape index (κ2) is 6.14. The van der Waals surface area contributed by atoms with Crippen molar-refractivity contribution in [1.29, 1.82) is 0 Å². The first kappa shape index (κ1) is 11.7. The Labute approximate surface area is 89.9 Å². The van der Waals surface area contributed by atoms with Crippen molar-refractivity contribution in [3.63, 3.8) is 0 Å². The van der Waals surface area contributed by atoms with Crippen molar-refractivity contribution in [2.75, 3.05) is 32.2 Å². The van der Waals surface area contributed by atoms with Gasteiger partial charge in [0.15, 0.2) is 6.29 Å². The van der Waals surface area contributed by atoms with Crippen molar-refractivity contribution >= 4 is 12.1 Å². The molecule has 0 spiro atoms. The molecule has 0 amide bonds.